The lowest BCUT2D eigenvalue weighted by Crippen LogP contribution is -2.24. The number of aromatic amines is 1. The number of H-pyrrole nitrogens is 1. The van der Waals surface area contributed by atoms with Gasteiger partial charge in [-0.3, -0.25) is 4.79 Å². The molecule has 1 amide bonds. The zero-order chi connectivity index (χ0) is 17.5. The van der Waals surface area contributed by atoms with Crippen LogP contribution in [0.25, 0.3) is 0 Å². The Balaban J connectivity index is 1.50. The number of aromatic nitrogens is 2. The van der Waals surface area contributed by atoms with Crippen LogP contribution < -0.4 is 5.32 Å². The minimum atomic E-state index is 0.00696. The van der Waals surface area contributed by atoms with Gasteiger partial charge in [0.1, 0.15) is 0 Å². The van der Waals surface area contributed by atoms with Crippen LogP contribution in [0.3, 0.4) is 0 Å². The number of carbonyl (C=O) groups excluding carboxylic acids is 1. The van der Waals surface area contributed by atoms with Crippen LogP contribution in [-0.4, -0.2) is 21.6 Å². The van der Waals surface area contributed by atoms with Crippen molar-refractivity contribution in [2.45, 2.75) is 25.0 Å². The van der Waals surface area contributed by atoms with Crippen molar-refractivity contribution >= 4 is 17.7 Å². The second-order valence-electron chi connectivity index (χ2n) is 5.83. The summed E-state index contributed by atoms with van der Waals surface area (Å²) in [7, 11) is 0. The third kappa shape index (κ3) is 5.22. The Labute approximate surface area is 152 Å². The highest BCUT2D eigenvalue weighted by atomic mass is 32.2. The molecule has 0 aliphatic rings. The van der Waals surface area contributed by atoms with E-state index in [2.05, 4.69) is 27.4 Å². The Morgan fingerprint density at radius 1 is 1.04 bits per heavy atom. The molecule has 3 aromatic rings. The van der Waals surface area contributed by atoms with Crippen LogP contribution in [0.2, 0.25) is 0 Å². The largest absolute Gasteiger partial charge is 0.351 e. The van der Waals surface area contributed by atoms with Crippen molar-refractivity contribution in [1.29, 1.82) is 0 Å². The van der Waals surface area contributed by atoms with Crippen molar-refractivity contribution in [2.75, 3.05) is 5.75 Å². The van der Waals surface area contributed by atoms with Crippen LogP contribution in [0.5, 0.6) is 0 Å². The summed E-state index contributed by atoms with van der Waals surface area (Å²) in [4.78, 5) is 19.9. The molecule has 0 radical (unpaired) electrons. The third-order valence-electron chi connectivity index (χ3n) is 3.85. The molecule has 0 saturated heterocycles. The van der Waals surface area contributed by atoms with Gasteiger partial charge in [-0.1, -0.05) is 72.4 Å². The summed E-state index contributed by atoms with van der Waals surface area (Å²) in [6.07, 6.45) is 0.796. The average molecular weight is 351 g/mol. The van der Waals surface area contributed by atoms with E-state index in [0.717, 1.165) is 28.5 Å². The van der Waals surface area contributed by atoms with Crippen LogP contribution in [0.15, 0.2) is 65.8 Å². The Bertz CT molecular complexity index is 815. The predicted octanol–water partition coefficient (Wildman–Crippen LogP) is 3.72. The topological polar surface area (TPSA) is 57.8 Å². The molecule has 1 aromatic heterocycles. The normalized spacial score (nSPS) is 10.6. The fourth-order valence-electron chi connectivity index (χ4n) is 2.48. The van der Waals surface area contributed by atoms with Gasteiger partial charge in [0.05, 0.1) is 11.4 Å². The SMILES string of the molecule is Cc1[nH]c(SCC(=O)NCc2ccccc2)nc1Cc1ccccc1. The van der Waals surface area contributed by atoms with Crippen LogP contribution in [0.1, 0.15) is 22.5 Å². The van der Waals surface area contributed by atoms with Gasteiger partial charge in [-0.25, -0.2) is 4.98 Å². The first-order chi connectivity index (χ1) is 12.2. The van der Waals surface area contributed by atoms with Crippen molar-refractivity contribution in [2.24, 2.45) is 0 Å². The molecule has 0 unspecified atom stereocenters. The number of hydrogen-bond acceptors (Lipinski definition) is 3. The van der Waals surface area contributed by atoms with E-state index >= 15 is 0 Å². The predicted molar refractivity (Wildman–Crippen MR) is 102 cm³/mol. The van der Waals surface area contributed by atoms with Crippen LogP contribution in [0, 0.1) is 6.92 Å². The van der Waals surface area contributed by atoms with E-state index in [0.29, 0.717) is 12.3 Å². The first-order valence-electron chi connectivity index (χ1n) is 8.23. The zero-order valence-corrected chi connectivity index (χ0v) is 15.0. The molecule has 1 heterocycles. The molecule has 0 atom stereocenters. The minimum absolute atomic E-state index is 0.00696. The van der Waals surface area contributed by atoms with E-state index in [1.54, 1.807) is 0 Å². The number of rotatable bonds is 7. The van der Waals surface area contributed by atoms with Crippen molar-refractivity contribution in [3.05, 3.63) is 83.2 Å². The summed E-state index contributed by atoms with van der Waals surface area (Å²) in [5.41, 5.74) is 4.41. The molecular weight excluding hydrogens is 330 g/mol. The quantitative estimate of drug-likeness (QED) is 0.638. The average Bonchev–Trinajstić information content (AvgIpc) is 2.99. The maximum atomic E-state index is 12.0. The Kier molecular flexibility index (Phi) is 5.90. The summed E-state index contributed by atoms with van der Waals surface area (Å²) in [5.74, 6) is 0.359. The standard InChI is InChI=1S/C20H21N3OS/c1-15-18(12-16-8-4-2-5-9-16)23-20(22-15)25-14-19(24)21-13-17-10-6-3-7-11-17/h2-11H,12-14H2,1H3,(H,21,24)(H,22,23). The Morgan fingerprint density at radius 3 is 2.36 bits per heavy atom. The lowest BCUT2D eigenvalue weighted by molar-refractivity contribution is -0.118. The number of nitrogens with zero attached hydrogens (tertiary/aromatic N) is 1. The van der Waals surface area contributed by atoms with E-state index in [1.165, 1.54) is 17.3 Å². The lowest BCUT2D eigenvalue weighted by Gasteiger charge is -2.04. The summed E-state index contributed by atoms with van der Waals surface area (Å²) in [6, 6.07) is 20.2. The molecule has 25 heavy (non-hydrogen) atoms. The third-order valence-corrected chi connectivity index (χ3v) is 4.72. The van der Waals surface area contributed by atoms with Crippen molar-refractivity contribution < 1.29 is 4.79 Å². The van der Waals surface area contributed by atoms with Crippen LogP contribution in [-0.2, 0) is 17.8 Å². The summed E-state index contributed by atoms with van der Waals surface area (Å²) in [5, 5.41) is 3.72. The van der Waals surface area contributed by atoms with Gasteiger partial charge in [0.2, 0.25) is 5.91 Å². The Morgan fingerprint density at radius 2 is 1.68 bits per heavy atom. The van der Waals surface area contributed by atoms with Gasteiger partial charge < -0.3 is 10.3 Å². The number of benzene rings is 2. The lowest BCUT2D eigenvalue weighted by atomic mass is 10.1. The number of imidazole rings is 1. The van der Waals surface area contributed by atoms with Gasteiger partial charge >= 0.3 is 0 Å². The molecule has 0 spiro atoms. The molecule has 0 bridgehead atoms. The van der Waals surface area contributed by atoms with Gasteiger partial charge in [-0.2, -0.15) is 0 Å². The van der Waals surface area contributed by atoms with Crippen LogP contribution in [0.4, 0.5) is 0 Å². The summed E-state index contributed by atoms with van der Waals surface area (Å²) >= 11 is 1.43. The summed E-state index contributed by atoms with van der Waals surface area (Å²) < 4.78 is 0. The van der Waals surface area contributed by atoms with E-state index < -0.39 is 0 Å². The Hall–Kier alpha value is -2.53. The first-order valence-corrected chi connectivity index (χ1v) is 9.22. The molecule has 4 nitrogen and oxygen atoms in total. The molecule has 0 aliphatic carbocycles. The molecule has 3 rings (SSSR count). The van der Waals surface area contributed by atoms with Gasteiger partial charge in [-0.05, 0) is 18.1 Å². The number of thioether (sulfide) groups is 1. The maximum absolute atomic E-state index is 12.0. The van der Waals surface area contributed by atoms with Gasteiger partial charge in [0.25, 0.3) is 0 Å². The number of amides is 1. The molecule has 0 fully saturated rings. The maximum Gasteiger partial charge on any atom is 0.230 e. The molecular formula is C20H21N3OS. The minimum Gasteiger partial charge on any atom is -0.351 e. The molecule has 2 N–H and O–H groups in total. The number of nitrogens with one attached hydrogen (secondary N) is 2. The molecule has 0 aliphatic heterocycles. The number of carbonyl (C=O) groups is 1. The second kappa shape index (κ2) is 8.53. The van der Waals surface area contributed by atoms with Crippen molar-refractivity contribution in [1.82, 2.24) is 15.3 Å². The highest BCUT2D eigenvalue weighted by Crippen LogP contribution is 2.18. The van der Waals surface area contributed by atoms with Gasteiger partial charge in [0, 0.05) is 18.7 Å². The van der Waals surface area contributed by atoms with E-state index in [4.69, 9.17) is 0 Å². The van der Waals surface area contributed by atoms with Crippen molar-refractivity contribution in [3.63, 3.8) is 0 Å². The fraction of sp³-hybridized carbons (Fsp3) is 0.200. The number of aryl methyl sites for hydroxylation is 1. The molecule has 0 saturated carbocycles. The highest BCUT2D eigenvalue weighted by Gasteiger charge is 2.10. The molecule has 128 valence electrons. The van der Waals surface area contributed by atoms with E-state index in [9.17, 15) is 4.79 Å². The molecule has 2 aromatic carbocycles. The fourth-order valence-corrected chi connectivity index (χ4v) is 3.25. The van der Waals surface area contributed by atoms with Gasteiger partial charge in [-0.15, -0.1) is 0 Å². The second-order valence-corrected chi connectivity index (χ2v) is 6.79. The summed E-state index contributed by atoms with van der Waals surface area (Å²) in [6.45, 7) is 2.57. The van der Waals surface area contributed by atoms with Crippen molar-refractivity contribution in [3.8, 4) is 0 Å². The van der Waals surface area contributed by atoms with Gasteiger partial charge in [0.15, 0.2) is 5.16 Å². The monoisotopic (exact) mass is 351 g/mol. The molecule has 5 heteroatoms. The van der Waals surface area contributed by atoms with Crippen LogP contribution >= 0.6 is 11.8 Å². The number of hydrogen-bond donors (Lipinski definition) is 2. The first kappa shape index (κ1) is 17.3. The van der Waals surface area contributed by atoms with E-state index in [-0.39, 0.29) is 5.91 Å². The smallest absolute Gasteiger partial charge is 0.230 e. The highest BCUT2D eigenvalue weighted by molar-refractivity contribution is 7.99. The van der Waals surface area contributed by atoms with E-state index in [1.807, 2.05) is 55.5 Å². The zero-order valence-electron chi connectivity index (χ0n) is 14.2.